The minimum absolute atomic E-state index is 0.680. The lowest BCUT2D eigenvalue weighted by molar-refractivity contribution is 0.304. The number of nitrogens with zero attached hydrogens (tertiary/aromatic N) is 4. The summed E-state index contributed by atoms with van der Waals surface area (Å²) in [7, 11) is 0. The van der Waals surface area contributed by atoms with Gasteiger partial charge in [0.15, 0.2) is 0 Å². The van der Waals surface area contributed by atoms with Crippen molar-refractivity contribution >= 4 is 45.1 Å². The van der Waals surface area contributed by atoms with Crippen molar-refractivity contribution in [2.45, 2.75) is 182 Å². The van der Waals surface area contributed by atoms with E-state index >= 15 is 0 Å². The molecule has 0 N–H and O–H groups in total. The monoisotopic (exact) mass is 1120 g/mol. The molecular formula is C76H92N4O4. The molecule has 84 heavy (non-hydrogen) atoms. The van der Waals surface area contributed by atoms with E-state index in [2.05, 4.69) is 161 Å². The van der Waals surface area contributed by atoms with E-state index in [1.807, 2.05) is 12.2 Å². The Labute approximate surface area is 503 Å². The Morgan fingerprint density at radius 3 is 1.05 bits per heavy atom. The lowest BCUT2D eigenvalue weighted by Gasteiger charge is -2.18. The first kappa shape index (κ1) is 61.2. The molecule has 5 aliphatic heterocycles. The SMILES string of the molecule is CCCCCCCCOc1ccc(C2=CC3=CC4=NC(=CC5=NC(=CC6=NC(=C(c7ccc(OCCCCCCCC)cc7)C2=N3)C(c2ccc(OCCCCCCCC)cc2)=C6c2ccc(OCCCCCCCC)cc2)C=C5)C=C4)cc1. The molecule has 0 atom stereocenters. The number of aliphatic imine (C=N–C) groups is 4. The van der Waals surface area contributed by atoms with Crippen LogP contribution < -0.4 is 18.9 Å². The van der Waals surface area contributed by atoms with Crippen LogP contribution in [0.5, 0.6) is 23.0 Å². The van der Waals surface area contributed by atoms with Crippen LogP contribution in [0.4, 0.5) is 0 Å². The summed E-state index contributed by atoms with van der Waals surface area (Å²) in [5.74, 6) is 3.42. The van der Waals surface area contributed by atoms with E-state index in [1.165, 1.54) is 128 Å². The zero-order valence-corrected chi connectivity index (χ0v) is 51.1. The lowest BCUT2D eigenvalue weighted by Crippen LogP contribution is -2.07. The van der Waals surface area contributed by atoms with Gasteiger partial charge < -0.3 is 18.9 Å². The minimum atomic E-state index is 0.680. The van der Waals surface area contributed by atoms with E-state index in [4.69, 9.17) is 38.9 Å². The molecule has 4 aromatic carbocycles. The number of allylic oxidation sites excluding steroid dienone is 12. The highest BCUT2D eigenvalue weighted by Gasteiger charge is 2.33. The molecule has 0 aliphatic carbocycles. The standard InChI is InChI=1S/C76H92N4O4/c1-5-9-13-17-21-25-49-81-66-41-29-57(30-42-66)70-55-65-54-63-38-37-61(77-63)53-62-39-40-64(78-62)56-71-72(58-31-43-67(44-32-58)82-50-26-22-18-14-10-6-2)73(59-33-45-68(46-34-59)83-51-27-23-19-15-11-7-3)76(80-71)74(75(70)79-65)60-35-47-69(48-36-60)84-52-28-24-20-16-12-8-4/h29-48,53-56H,5-28,49-52H2,1-4H3. The Morgan fingerprint density at radius 1 is 0.286 bits per heavy atom. The molecule has 5 heterocycles. The quantitative estimate of drug-likeness (QED) is 0.0425. The van der Waals surface area contributed by atoms with Crippen LogP contribution in [0.2, 0.25) is 0 Å². The Balaban J connectivity index is 1.18. The normalized spacial score (nSPS) is 15.2. The summed E-state index contributed by atoms with van der Waals surface area (Å²) in [6, 6.07) is 34.4. The van der Waals surface area contributed by atoms with Crippen LogP contribution in [0, 0.1) is 0 Å². The van der Waals surface area contributed by atoms with Gasteiger partial charge in [0.1, 0.15) is 23.0 Å². The Kier molecular flexibility index (Phi) is 24.2. The summed E-state index contributed by atoms with van der Waals surface area (Å²) in [6.45, 7) is 11.8. The van der Waals surface area contributed by atoms with Crippen LogP contribution in [-0.2, 0) is 0 Å². The van der Waals surface area contributed by atoms with Crippen LogP contribution in [-0.4, -0.2) is 49.3 Å². The zero-order chi connectivity index (χ0) is 58.0. The van der Waals surface area contributed by atoms with E-state index < -0.39 is 0 Å². The molecular weight excluding hydrogens is 1030 g/mol. The highest BCUT2D eigenvalue weighted by molar-refractivity contribution is 6.50. The van der Waals surface area contributed by atoms with E-state index in [0.29, 0.717) is 26.4 Å². The van der Waals surface area contributed by atoms with Crippen LogP contribution in [0.25, 0.3) is 22.3 Å². The molecule has 0 unspecified atom stereocenters. The lowest BCUT2D eigenvalue weighted by atomic mass is 9.86. The van der Waals surface area contributed by atoms with Crippen molar-refractivity contribution in [1.29, 1.82) is 0 Å². The number of unbranched alkanes of at least 4 members (excludes halogenated alkanes) is 20. The van der Waals surface area contributed by atoms with Crippen molar-refractivity contribution < 1.29 is 18.9 Å². The summed E-state index contributed by atoms with van der Waals surface area (Å²) >= 11 is 0. The second-order valence-corrected chi connectivity index (χ2v) is 23.0. The first-order valence-electron chi connectivity index (χ1n) is 32.5. The van der Waals surface area contributed by atoms with Crippen molar-refractivity contribution in [3.05, 3.63) is 191 Å². The van der Waals surface area contributed by atoms with Gasteiger partial charge in [0.25, 0.3) is 0 Å². The fraction of sp³-hybridized carbons (Fsp3) is 0.421. The molecule has 440 valence electrons. The van der Waals surface area contributed by atoms with Crippen molar-refractivity contribution in [3.8, 4) is 23.0 Å². The average molecular weight is 1130 g/mol. The van der Waals surface area contributed by atoms with Crippen molar-refractivity contribution in [1.82, 2.24) is 0 Å². The van der Waals surface area contributed by atoms with Gasteiger partial charge >= 0.3 is 0 Å². The third-order valence-corrected chi connectivity index (χ3v) is 16.1. The fourth-order valence-electron chi connectivity index (χ4n) is 11.4. The molecule has 4 aromatic rings. The van der Waals surface area contributed by atoms with Gasteiger partial charge in [-0.1, -0.05) is 205 Å². The molecule has 0 spiro atoms. The number of fused-ring (bicyclic) bond motifs is 4. The van der Waals surface area contributed by atoms with E-state index in [1.54, 1.807) is 0 Å². The number of ether oxygens (including phenoxy) is 4. The van der Waals surface area contributed by atoms with Crippen LogP contribution in [0.1, 0.15) is 204 Å². The smallest absolute Gasteiger partial charge is 0.119 e. The molecule has 0 aromatic heterocycles. The maximum absolute atomic E-state index is 6.46. The molecule has 0 saturated carbocycles. The molecule has 8 bridgehead atoms. The summed E-state index contributed by atoms with van der Waals surface area (Å²) < 4.78 is 25.7. The van der Waals surface area contributed by atoms with Crippen LogP contribution in [0.3, 0.4) is 0 Å². The summed E-state index contributed by atoms with van der Waals surface area (Å²) in [5.41, 5.74) is 14.4. The maximum Gasteiger partial charge on any atom is 0.119 e. The Hall–Kier alpha value is -7.32. The van der Waals surface area contributed by atoms with E-state index in [0.717, 1.165) is 139 Å². The highest BCUT2D eigenvalue weighted by atomic mass is 16.5. The minimum Gasteiger partial charge on any atom is -0.494 e. The Bertz CT molecular complexity index is 3170. The number of benzene rings is 4. The first-order valence-corrected chi connectivity index (χ1v) is 32.5. The molecule has 8 heteroatoms. The third kappa shape index (κ3) is 17.9. The summed E-state index contributed by atoms with van der Waals surface area (Å²) in [5, 5.41) is 0. The highest BCUT2D eigenvalue weighted by Crippen LogP contribution is 2.47. The molecule has 8 nitrogen and oxygen atoms in total. The van der Waals surface area contributed by atoms with Crippen molar-refractivity contribution in [2.24, 2.45) is 20.0 Å². The van der Waals surface area contributed by atoms with E-state index in [-0.39, 0.29) is 0 Å². The predicted molar refractivity (Wildman–Crippen MR) is 355 cm³/mol. The topological polar surface area (TPSA) is 86.4 Å². The molecule has 9 rings (SSSR count). The second kappa shape index (κ2) is 33.2. The molecule has 0 radical (unpaired) electrons. The van der Waals surface area contributed by atoms with Gasteiger partial charge in [0, 0.05) is 22.3 Å². The molecule has 0 saturated heterocycles. The number of hydrogen-bond acceptors (Lipinski definition) is 8. The largest absolute Gasteiger partial charge is 0.494 e. The summed E-state index contributed by atoms with van der Waals surface area (Å²) in [6.07, 6.45) is 45.8. The zero-order valence-electron chi connectivity index (χ0n) is 51.1. The summed E-state index contributed by atoms with van der Waals surface area (Å²) in [4.78, 5) is 21.7. The van der Waals surface area contributed by atoms with Gasteiger partial charge in [-0.25, -0.2) is 20.0 Å². The van der Waals surface area contributed by atoms with Gasteiger partial charge in [-0.2, -0.15) is 0 Å². The number of hydrogen-bond donors (Lipinski definition) is 0. The van der Waals surface area contributed by atoms with Gasteiger partial charge in [0.05, 0.1) is 72.1 Å². The van der Waals surface area contributed by atoms with E-state index in [9.17, 15) is 0 Å². The molecule has 0 amide bonds. The molecule has 5 aliphatic rings. The van der Waals surface area contributed by atoms with Gasteiger partial charge in [-0.15, -0.1) is 0 Å². The third-order valence-electron chi connectivity index (χ3n) is 16.1. The first-order chi connectivity index (χ1) is 41.5. The van der Waals surface area contributed by atoms with Crippen molar-refractivity contribution in [3.63, 3.8) is 0 Å². The fourth-order valence-corrected chi connectivity index (χ4v) is 11.4. The van der Waals surface area contributed by atoms with Crippen LogP contribution >= 0.6 is 0 Å². The second-order valence-electron chi connectivity index (χ2n) is 23.0. The predicted octanol–water partition coefficient (Wildman–Crippen LogP) is 20.6. The molecule has 0 fully saturated rings. The van der Waals surface area contributed by atoms with Crippen LogP contribution in [0.15, 0.2) is 188 Å². The van der Waals surface area contributed by atoms with Crippen molar-refractivity contribution in [2.75, 3.05) is 26.4 Å². The van der Waals surface area contributed by atoms with Gasteiger partial charge in [0.2, 0.25) is 0 Å². The average Bonchev–Trinajstić information content (AvgIpc) is 2.53. The Morgan fingerprint density at radius 2 is 0.631 bits per heavy atom. The van der Waals surface area contributed by atoms with Gasteiger partial charge in [-0.3, -0.25) is 0 Å². The van der Waals surface area contributed by atoms with Gasteiger partial charge in [-0.05, 0) is 145 Å². The number of rotatable bonds is 36. The maximum atomic E-state index is 6.46.